The highest BCUT2D eigenvalue weighted by Crippen LogP contribution is 2.21. The quantitative estimate of drug-likeness (QED) is 0.907. The Hall–Kier alpha value is -1.39. The molecule has 2 rings (SSSR count). The van der Waals surface area contributed by atoms with Crippen molar-refractivity contribution in [1.82, 2.24) is 9.80 Å². The number of hydrogen-bond donors (Lipinski definition) is 1. The van der Waals surface area contributed by atoms with Crippen LogP contribution in [0.5, 0.6) is 0 Å². The lowest BCUT2D eigenvalue weighted by atomic mass is 10.0. The average Bonchev–Trinajstić information content (AvgIpc) is 2.52. The van der Waals surface area contributed by atoms with E-state index in [-0.39, 0.29) is 5.91 Å². The molecule has 0 radical (unpaired) electrons. The minimum absolute atomic E-state index is 0.0770. The Morgan fingerprint density at radius 1 is 1.32 bits per heavy atom. The highest BCUT2D eigenvalue weighted by atomic mass is 16.2. The molecule has 1 saturated heterocycles. The molecule has 1 fully saturated rings. The van der Waals surface area contributed by atoms with Crippen LogP contribution < -0.4 is 5.73 Å². The number of amides is 1. The summed E-state index contributed by atoms with van der Waals surface area (Å²) in [7, 11) is 0. The summed E-state index contributed by atoms with van der Waals surface area (Å²) in [5.41, 5.74) is 7.09. The molecular weight excluding hydrogens is 274 g/mol. The second kappa shape index (κ2) is 7.75. The first kappa shape index (κ1) is 17.0. The Kier molecular flexibility index (Phi) is 5.98. The number of likely N-dealkylation sites (tertiary alicyclic amines) is 1. The number of nitrogens with zero attached hydrogens (tertiary/aromatic N) is 2. The zero-order valence-corrected chi connectivity index (χ0v) is 14.0. The van der Waals surface area contributed by atoms with Crippen molar-refractivity contribution in [3.8, 4) is 0 Å². The monoisotopic (exact) mass is 303 g/mol. The Bertz CT molecular complexity index is 472. The molecular formula is C18H29N3O. The number of piperidine rings is 1. The molecule has 1 aliphatic rings. The van der Waals surface area contributed by atoms with Gasteiger partial charge in [0.2, 0.25) is 5.91 Å². The minimum Gasteiger partial charge on any atom is -0.340 e. The molecule has 0 bridgehead atoms. The van der Waals surface area contributed by atoms with E-state index in [1.807, 2.05) is 11.0 Å². The van der Waals surface area contributed by atoms with Gasteiger partial charge in [0.25, 0.3) is 0 Å². The summed E-state index contributed by atoms with van der Waals surface area (Å²) in [6, 6.07) is 11.0. The molecule has 1 aromatic rings. The molecule has 4 nitrogen and oxygen atoms in total. The van der Waals surface area contributed by atoms with Crippen LogP contribution in [0.2, 0.25) is 0 Å². The summed E-state index contributed by atoms with van der Waals surface area (Å²) >= 11 is 0. The Morgan fingerprint density at radius 2 is 2.00 bits per heavy atom. The maximum Gasteiger partial charge on any atom is 0.239 e. The third kappa shape index (κ3) is 4.31. The molecule has 122 valence electrons. The smallest absolute Gasteiger partial charge is 0.239 e. The Morgan fingerprint density at radius 3 is 2.59 bits per heavy atom. The Balaban J connectivity index is 2.06. The van der Waals surface area contributed by atoms with Crippen molar-refractivity contribution in [2.75, 3.05) is 13.1 Å². The fourth-order valence-corrected chi connectivity index (χ4v) is 3.24. The molecule has 1 amide bonds. The maximum absolute atomic E-state index is 12.2. The fraction of sp³-hybridized carbons (Fsp3) is 0.611. The molecule has 4 heteroatoms. The normalized spacial score (nSPS) is 20.5. The molecule has 2 unspecified atom stereocenters. The number of rotatable bonds is 5. The first-order valence-electron chi connectivity index (χ1n) is 8.33. The van der Waals surface area contributed by atoms with Crippen molar-refractivity contribution in [2.45, 2.75) is 58.3 Å². The number of benzene rings is 1. The van der Waals surface area contributed by atoms with Crippen molar-refractivity contribution in [1.29, 1.82) is 0 Å². The van der Waals surface area contributed by atoms with Gasteiger partial charge in [-0.25, -0.2) is 0 Å². The van der Waals surface area contributed by atoms with Crippen LogP contribution in [0.25, 0.3) is 0 Å². The lowest BCUT2D eigenvalue weighted by Gasteiger charge is -2.42. The molecule has 2 atom stereocenters. The van der Waals surface area contributed by atoms with Gasteiger partial charge < -0.3 is 10.6 Å². The van der Waals surface area contributed by atoms with Crippen molar-refractivity contribution in [3.05, 3.63) is 35.9 Å². The Labute approximate surface area is 134 Å². The molecule has 0 spiro atoms. The molecule has 1 aromatic carbocycles. The zero-order chi connectivity index (χ0) is 16.1. The third-order valence-corrected chi connectivity index (χ3v) is 4.44. The van der Waals surface area contributed by atoms with Crippen LogP contribution in [-0.4, -0.2) is 46.9 Å². The SMILES string of the molecule is CC(N)C(=O)N1CCCC(N(Cc2ccccc2)C(C)C)C1. The van der Waals surface area contributed by atoms with E-state index < -0.39 is 6.04 Å². The van der Waals surface area contributed by atoms with E-state index in [0.29, 0.717) is 12.1 Å². The van der Waals surface area contributed by atoms with Gasteiger partial charge in [-0.2, -0.15) is 0 Å². The van der Waals surface area contributed by atoms with E-state index in [9.17, 15) is 4.79 Å². The van der Waals surface area contributed by atoms with Gasteiger partial charge in [0.05, 0.1) is 6.04 Å². The first-order valence-corrected chi connectivity index (χ1v) is 8.33. The van der Waals surface area contributed by atoms with Crippen LogP contribution in [0, 0.1) is 0 Å². The van der Waals surface area contributed by atoms with E-state index in [1.165, 1.54) is 5.56 Å². The second-order valence-electron chi connectivity index (χ2n) is 6.62. The van der Waals surface area contributed by atoms with Crippen LogP contribution in [-0.2, 0) is 11.3 Å². The van der Waals surface area contributed by atoms with Gasteiger partial charge in [0.1, 0.15) is 0 Å². The zero-order valence-electron chi connectivity index (χ0n) is 14.0. The summed E-state index contributed by atoms with van der Waals surface area (Å²) in [6.07, 6.45) is 2.20. The standard InChI is InChI=1S/C18H29N3O/c1-14(2)21(12-16-8-5-4-6-9-16)17-10-7-11-20(13-17)18(22)15(3)19/h4-6,8-9,14-15,17H,7,10-13,19H2,1-3H3. The summed E-state index contributed by atoms with van der Waals surface area (Å²) in [5.74, 6) is 0.0770. The van der Waals surface area contributed by atoms with Gasteiger partial charge in [-0.15, -0.1) is 0 Å². The van der Waals surface area contributed by atoms with Crippen LogP contribution in [0.15, 0.2) is 30.3 Å². The van der Waals surface area contributed by atoms with Crippen molar-refractivity contribution in [3.63, 3.8) is 0 Å². The van der Waals surface area contributed by atoms with Crippen LogP contribution >= 0.6 is 0 Å². The van der Waals surface area contributed by atoms with E-state index in [1.54, 1.807) is 6.92 Å². The molecule has 2 N–H and O–H groups in total. The molecule has 0 saturated carbocycles. The van der Waals surface area contributed by atoms with E-state index >= 15 is 0 Å². The molecule has 1 aliphatic heterocycles. The van der Waals surface area contributed by atoms with Crippen LogP contribution in [0.1, 0.15) is 39.2 Å². The largest absolute Gasteiger partial charge is 0.340 e. The maximum atomic E-state index is 12.2. The molecule has 1 heterocycles. The molecule has 22 heavy (non-hydrogen) atoms. The highest BCUT2D eigenvalue weighted by Gasteiger charge is 2.30. The topological polar surface area (TPSA) is 49.6 Å². The predicted molar refractivity (Wildman–Crippen MR) is 90.4 cm³/mol. The van der Waals surface area contributed by atoms with Gasteiger partial charge in [-0.3, -0.25) is 9.69 Å². The van der Waals surface area contributed by atoms with Gasteiger partial charge in [-0.05, 0) is 39.2 Å². The lowest BCUT2D eigenvalue weighted by molar-refractivity contribution is -0.134. The lowest BCUT2D eigenvalue weighted by Crippen LogP contribution is -2.54. The number of hydrogen-bond acceptors (Lipinski definition) is 3. The molecule has 0 aromatic heterocycles. The van der Waals surface area contributed by atoms with Gasteiger partial charge in [0, 0.05) is 31.7 Å². The van der Waals surface area contributed by atoms with Gasteiger partial charge >= 0.3 is 0 Å². The van der Waals surface area contributed by atoms with Crippen molar-refractivity contribution in [2.24, 2.45) is 5.73 Å². The highest BCUT2D eigenvalue weighted by molar-refractivity contribution is 5.81. The molecule has 0 aliphatic carbocycles. The van der Waals surface area contributed by atoms with Gasteiger partial charge in [0.15, 0.2) is 0 Å². The summed E-state index contributed by atoms with van der Waals surface area (Å²) in [4.78, 5) is 16.6. The van der Waals surface area contributed by atoms with Crippen molar-refractivity contribution < 1.29 is 4.79 Å². The van der Waals surface area contributed by atoms with Crippen LogP contribution in [0.4, 0.5) is 0 Å². The summed E-state index contributed by atoms with van der Waals surface area (Å²) < 4.78 is 0. The first-order chi connectivity index (χ1) is 10.5. The number of nitrogens with two attached hydrogens (primary N) is 1. The second-order valence-corrected chi connectivity index (χ2v) is 6.62. The van der Waals surface area contributed by atoms with E-state index in [4.69, 9.17) is 5.73 Å². The number of carbonyl (C=O) groups is 1. The van der Waals surface area contributed by atoms with Crippen LogP contribution in [0.3, 0.4) is 0 Å². The minimum atomic E-state index is -0.402. The average molecular weight is 303 g/mol. The van der Waals surface area contributed by atoms with E-state index in [2.05, 4.69) is 43.0 Å². The summed E-state index contributed by atoms with van der Waals surface area (Å²) in [6.45, 7) is 8.81. The third-order valence-electron chi connectivity index (χ3n) is 4.44. The summed E-state index contributed by atoms with van der Waals surface area (Å²) in [5, 5.41) is 0. The fourth-order valence-electron chi connectivity index (χ4n) is 3.24. The number of carbonyl (C=O) groups excluding carboxylic acids is 1. The van der Waals surface area contributed by atoms with E-state index in [0.717, 1.165) is 32.5 Å². The predicted octanol–water partition coefficient (Wildman–Crippen LogP) is 2.24. The van der Waals surface area contributed by atoms with Crippen molar-refractivity contribution >= 4 is 5.91 Å². The van der Waals surface area contributed by atoms with Gasteiger partial charge in [-0.1, -0.05) is 30.3 Å².